The normalized spacial score (nSPS) is 21.3. The zero-order valence-corrected chi connectivity index (χ0v) is 14.2. The fourth-order valence-corrected chi connectivity index (χ4v) is 3.53. The molecule has 1 aromatic carbocycles. The number of halogens is 3. The Kier molecular flexibility index (Phi) is 5.41. The summed E-state index contributed by atoms with van der Waals surface area (Å²) in [6, 6.07) is 1.92. The van der Waals surface area contributed by atoms with Gasteiger partial charge in [-0.05, 0) is 41.4 Å². The van der Waals surface area contributed by atoms with Gasteiger partial charge in [0.25, 0.3) is 0 Å². The second-order valence-electron chi connectivity index (χ2n) is 4.77. The molecule has 5 heteroatoms. The molecule has 0 radical (unpaired) electrons. The van der Waals surface area contributed by atoms with Crippen LogP contribution in [0.1, 0.15) is 44.7 Å². The highest BCUT2D eigenvalue weighted by molar-refractivity contribution is 9.10. The predicted molar refractivity (Wildman–Crippen MR) is 84.5 cm³/mol. The molecule has 1 aliphatic heterocycles. The Morgan fingerprint density at radius 1 is 1.32 bits per heavy atom. The molecule has 19 heavy (non-hydrogen) atoms. The number of fused-ring (bicyclic) bond motifs is 1. The molecular weight excluding hydrogens is 349 g/mol. The molecule has 1 heterocycles. The predicted octanol–water partition coefficient (Wildman–Crippen LogP) is 5.36. The molecule has 2 rings (SSSR count). The van der Waals surface area contributed by atoms with Crippen molar-refractivity contribution >= 4 is 39.1 Å². The molecule has 0 aromatic heterocycles. The third-order valence-corrected chi connectivity index (χ3v) is 4.84. The van der Waals surface area contributed by atoms with Crippen LogP contribution in [0, 0.1) is 0 Å². The van der Waals surface area contributed by atoms with Crippen LogP contribution in [0.25, 0.3) is 0 Å². The summed E-state index contributed by atoms with van der Waals surface area (Å²) < 4.78 is 6.85. The molecule has 0 saturated carbocycles. The highest BCUT2D eigenvalue weighted by Crippen LogP contribution is 2.49. The molecule has 1 aliphatic rings. The van der Waals surface area contributed by atoms with Crippen LogP contribution in [0.2, 0.25) is 10.0 Å². The quantitative estimate of drug-likeness (QED) is 0.708. The van der Waals surface area contributed by atoms with Crippen LogP contribution in [-0.4, -0.2) is 12.6 Å². The Hall–Kier alpha value is 0.0400. The van der Waals surface area contributed by atoms with Crippen molar-refractivity contribution < 1.29 is 4.74 Å². The number of hydrogen-bond donors (Lipinski definition) is 1. The number of hydrogen-bond acceptors (Lipinski definition) is 2. The van der Waals surface area contributed by atoms with E-state index in [-0.39, 0.29) is 12.1 Å². The van der Waals surface area contributed by atoms with Crippen LogP contribution < -0.4 is 10.1 Å². The molecule has 2 unspecified atom stereocenters. The summed E-state index contributed by atoms with van der Waals surface area (Å²) in [4.78, 5) is 0. The summed E-state index contributed by atoms with van der Waals surface area (Å²) in [5.41, 5.74) is 0.993. The van der Waals surface area contributed by atoms with Crippen molar-refractivity contribution in [1.82, 2.24) is 5.32 Å². The largest absolute Gasteiger partial charge is 0.486 e. The smallest absolute Gasteiger partial charge is 0.144 e. The average molecular weight is 367 g/mol. The highest BCUT2D eigenvalue weighted by Gasteiger charge is 2.37. The third-order valence-electron chi connectivity index (χ3n) is 3.30. The molecule has 2 atom stereocenters. The van der Waals surface area contributed by atoms with E-state index in [2.05, 4.69) is 35.1 Å². The van der Waals surface area contributed by atoms with Gasteiger partial charge in [-0.15, -0.1) is 0 Å². The molecular formula is C14H18BrCl2NO. The maximum absolute atomic E-state index is 6.42. The standard InChI is InChI=1S/C14H18BrCl2NO/c1-3-5-10-13(18-6-4-2)11-12(17)8(15)7-9(16)14(11)19-10/h7,10,13,18H,3-6H2,1-2H3. The summed E-state index contributed by atoms with van der Waals surface area (Å²) in [5, 5.41) is 4.85. The fourth-order valence-electron chi connectivity index (χ4n) is 2.44. The lowest BCUT2D eigenvalue weighted by atomic mass is 10.0. The Morgan fingerprint density at radius 2 is 2.05 bits per heavy atom. The molecule has 0 amide bonds. The maximum atomic E-state index is 6.42. The molecule has 2 nitrogen and oxygen atoms in total. The Bertz CT molecular complexity index is 467. The van der Waals surface area contributed by atoms with Gasteiger partial charge in [0.1, 0.15) is 11.9 Å². The second kappa shape index (κ2) is 6.66. The van der Waals surface area contributed by atoms with Gasteiger partial charge in [0.15, 0.2) is 0 Å². The Balaban J connectivity index is 2.40. The minimum Gasteiger partial charge on any atom is -0.486 e. The zero-order valence-electron chi connectivity index (χ0n) is 11.1. The monoisotopic (exact) mass is 365 g/mol. The minimum atomic E-state index is 0.107. The lowest BCUT2D eigenvalue weighted by Gasteiger charge is -2.20. The van der Waals surface area contributed by atoms with E-state index in [0.29, 0.717) is 10.0 Å². The fraction of sp³-hybridized carbons (Fsp3) is 0.571. The lowest BCUT2D eigenvalue weighted by molar-refractivity contribution is 0.178. The van der Waals surface area contributed by atoms with Crippen LogP contribution in [0.5, 0.6) is 5.75 Å². The Labute approximate surface area is 132 Å². The number of benzene rings is 1. The van der Waals surface area contributed by atoms with Crippen molar-refractivity contribution in [1.29, 1.82) is 0 Å². The van der Waals surface area contributed by atoms with Crippen LogP contribution in [0.4, 0.5) is 0 Å². The van der Waals surface area contributed by atoms with Crippen molar-refractivity contribution in [3.8, 4) is 5.75 Å². The first-order chi connectivity index (χ1) is 9.10. The van der Waals surface area contributed by atoms with E-state index in [4.69, 9.17) is 27.9 Å². The van der Waals surface area contributed by atoms with E-state index < -0.39 is 0 Å². The molecule has 106 valence electrons. The molecule has 0 saturated heterocycles. The number of nitrogens with one attached hydrogen (secondary N) is 1. The van der Waals surface area contributed by atoms with Gasteiger partial charge in [-0.1, -0.05) is 43.5 Å². The topological polar surface area (TPSA) is 21.3 Å². The van der Waals surface area contributed by atoms with E-state index in [9.17, 15) is 0 Å². The lowest BCUT2D eigenvalue weighted by Crippen LogP contribution is -2.31. The first kappa shape index (κ1) is 15.4. The number of ether oxygens (including phenoxy) is 1. The molecule has 1 aromatic rings. The van der Waals surface area contributed by atoms with Gasteiger partial charge in [0.2, 0.25) is 0 Å². The zero-order chi connectivity index (χ0) is 14.0. The van der Waals surface area contributed by atoms with Gasteiger partial charge in [-0.3, -0.25) is 0 Å². The molecule has 0 fully saturated rings. The second-order valence-corrected chi connectivity index (χ2v) is 6.41. The van der Waals surface area contributed by atoms with Crippen molar-refractivity contribution in [2.24, 2.45) is 0 Å². The van der Waals surface area contributed by atoms with Gasteiger partial charge in [-0.25, -0.2) is 0 Å². The van der Waals surface area contributed by atoms with Gasteiger partial charge in [-0.2, -0.15) is 0 Å². The van der Waals surface area contributed by atoms with Gasteiger partial charge in [0, 0.05) is 10.0 Å². The van der Waals surface area contributed by atoms with Gasteiger partial charge in [0.05, 0.1) is 16.1 Å². The van der Waals surface area contributed by atoms with Crippen molar-refractivity contribution in [3.63, 3.8) is 0 Å². The van der Waals surface area contributed by atoms with Crippen LogP contribution in [-0.2, 0) is 0 Å². The maximum Gasteiger partial charge on any atom is 0.144 e. The van der Waals surface area contributed by atoms with Crippen molar-refractivity contribution in [2.45, 2.75) is 45.3 Å². The van der Waals surface area contributed by atoms with Crippen LogP contribution in [0.15, 0.2) is 10.5 Å². The van der Waals surface area contributed by atoms with E-state index in [1.807, 2.05) is 0 Å². The van der Waals surface area contributed by atoms with Gasteiger partial charge < -0.3 is 10.1 Å². The molecule has 0 aliphatic carbocycles. The highest BCUT2D eigenvalue weighted by atomic mass is 79.9. The summed E-state index contributed by atoms with van der Waals surface area (Å²) in [6.45, 7) is 5.24. The Morgan fingerprint density at radius 3 is 2.68 bits per heavy atom. The SMILES string of the molecule is CCCNC1c2c(Cl)c(Br)cc(Cl)c2OC1CCC. The summed E-state index contributed by atoms with van der Waals surface area (Å²) in [5.74, 6) is 0.738. The van der Waals surface area contributed by atoms with Crippen LogP contribution in [0.3, 0.4) is 0 Å². The van der Waals surface area contributed by atoms with E-state index in [1.54, 1.807) is 6.07 Å². The van der Waals surface area contributed by atoms with Crippen molar-refractivity contribution in [2.75, 3.05) is 6.54 Å². The molecule has 0 bridgehead atoms. The first-order valence-corrected chi connectivity index (χ1v) is 8.22. The summed E-state index contributed by atoms with van der Waals surface area (Å²) in [7, 11) is 0. The van der Waals surface area contributed by atoms with E-state index in [0.717, 1.165) is 41.6 Å². The van der Waals surface area contributed by atoms with Crippen LogP contribution >= 0.6 is 39.1 Å². The minimum absolute atomic E-state index is 0.107. The summed E-state index contributed by atoms with van der Waals surface area (Å²) in [6.07, 6.45) is 3.24. The summed E-state index contributed by atoms with van der Waals surface area (Å²) >= 11 is 16.1. The van der Waals surface area contributed by atoms with Crippen molar-refractivity contribution in [3.05, 3.63) is 26.1 Å². The first-order valence-electron chi connectivity index (χ1n) is 6.67. The van der Waals surface area contributed by atoms with E-state index in [1.165, 1.54) is 0 Å². The molecule has 0 spiro atoms. The third kappa shape index (κ3) is 3.05. The average Bonchev–Trinajstić information content (AvgIpc) is 2.73. The molecule has 1 N–H and O–H groups in total. The van der Waals surface area contributed by atoms with E-state index >= 15 is 0 Å². The number of rotatable bonds is 5. The van der Waals surface area contributed by atoms with Gasteiger partial charge >= 0.3 is 0 Å².